The molecule has 3 heteroatoms. The van der Waals surface area contributed by atoms with Crippen molar-refractivity contribution in [3.05, 3.63) is 0 Å². The lowest BCUT2D eigenvalue weighted by molar-refractivity contribution is 0.113. The van der Waals surface area contributed by atoms with Gasteiger partial charge in [0.2, 0.25) is 0 Å². The van der Waals surface area contributed by atoms with Crippen molar-refractivity contribution in [3.8, 4) is 0 Å². The molecule has 0 radical (unpaired) electrons. The molecule has 0 bridgehead atoms. The molecule has 1 aliphatic heterocycles. The summed E-state index contributed by atoms with van der Waals surface area (Å²) in [6.07, 6.45) is 1.24. The summed E-state index contributed by atoms with van der Waals surface area (Å²) < 4.78 is 0. The number of nitrogens with one attached hydrogen (secondary N) is 1. The molecule has 15 heavy (non-hydrogen) atoms. The van der Waals surface area contributed by atoms with Crippen LogP contribution in [-0.4, -0.2) is 48.8 Å². The van der Waals surface area contributed by atoms with E-state index in [1.165, 1.54) is 19.5 Å². The lowest BCUT2D eigenvalue weighted by Crippen LogP contribution is -2.49. The molecule has 2 N–H and O–H groups in total. The number of aliphatic hydroxyl groups is 1. The van der Waals surface area contributed by atoms with Crippen molar-refractivity contribution in [1.29, 1.82) is 0 Å². The molecule has 3 nitrogen and oxygen atoms in total. The summed E-state index contributed by atoms with van der Waals surface area (Å²) in [6.45, 7) is 11.4. The smallest absolute Gasteiger partial charge is 0.0468 e. The minimum atomic E-state index is 0.307. The van der Waals surface area contributed by atoms with Crippen LogP contribution >= 0.6 is 0 Å². The molecular weight excluding hydrogens is 188 g/mol. The van der Waals surface area contributed by atoms with E-state index < -0.39 is 0 Å². The second-order valence-corrected chi connectivity index (χ2v) is 4.98. The Morgan fingerprint density at radius 1 is 1.53 bits per heavy atom. The van der Waals surface area contributed by atoms with Gasteiger partial charge < -0.3 is 15.3 Å². The molecule has 1 fully saturated rings. The Morgan fingerprint density at radius 3 is 2.80 bits per heavy atom. The fraction of sp³-hybridized carbons (Fsp3) is 1.00. The number of hydrogen-bond donors (Lipinski definition) is 2. The number of rotatable bonds is 5. The highest BCUT2D eigenvalue weighted by Gasteiger charge is 2.25. The molecule has 0 aromatic carbocycles. The van der Waals surface area contributed by atoms with Gasteiger partial charge in [0.25, 0.3) is 0 Å². The lowest BCUT2D eigenvalue weighted by Gasteiger charge is -2.38. The van der Waals surface area contributed by atoms with Crippen molar-refractivity contribution in [3.63, 3.8) is 0 Å². The Balaban J connectivity index is 2.30. The van der Waals surface area contributed by atoms with Crippen molar-refractivity contribution in [1.82, 2.24) is 10.2 Å². The van der Waals surface area contributed by atoms with Crippen LogP contribution < -0.4 is 5.32 Å². The molecule has 1 aliphatic rings. The van der Waals surface area contributed by atoms with E-state index in [0.29, 0.717) is 18.6 Å². The van der Waals surface area contributed by atoms with Gasteiger partial charge in [-0.15, -0.1) is 0 Å². The quantitative estimate of drug-likeness (QED) is 0.715. The topological polar surface area (TPSA) is 35.5 Å². The second-order valence-electron chi connectivity index (χ2n) is 4.98. The highest BCUT2D eigenvalue weighted by molar-refractivity contribution is 4.82. The average molecular weight is 214 g/mol. The van der Waals surface area contributed by atoms with Crippen LogP contribution in [-0.2, 0) is 0 Å². The maximum atomic E-state index is 9.03. The number of likely N-dealkylation sites (tertiary alicyclic amines) is 1. The zero-order valence-electron chi connectivity index (χ0n) is 10.4. The number of aliphatic hydroxyl groups excluding tert-OH is 1. The Bertz CT molecular complexity index is 175. The average Bonchev–Trinajstić information content (AvgIpc) is 2.22. The first kappa shape index (κ1) is 12.9. The van der Waals surface area contributed by atoms with Crippen molar-refractivity contribution >= 4 is 0 Å². The summed E-state index contributed by atoms with van der Waals surface area (Å²) >= 11 is 0. The van der Waals surface area contributed by atoms with Gasteiger partial charge >= 0.3 is 0 Å². The van der Waals surface area contributed by atoms with E-state index in [1.54, 1.807) is 0 Å². The fourth-order valence-corrected chi connectivity index (χ4v) is 2.46. The van der Waals surface area contributed by atoms with Gasteiger partial charge in [0.15, 0.2) is 0 Å². The van der Waals surface area contributed by atoms with Crippen LogP contribution in [0.2, 0.25) is 0 Å². The summed E-state index contributed by atoms with van der Waals surface area (Å²) in [4.78, 5) is 2.49. The van der Waals surface area contributed by atoms with E-state index in [1.807, 2.05) is 0 Å². The van der Waals surface area contributed by atoms with Gasteiger partial charge in [-0.1, -0.05) is 20.8 Å². The predicted molar refractivity (Wildman–Crippen MR) is 63.9 cm³/mol. The van der Waals surface area contributed by atoms with E-state index in [2.05, 4.69) is 31.0 Å². The maximum absolute atomic E-state index is 9.03. The van der Waals surface area contributed by atoms with E-state index in [4.69, 9.17) is 5.11 Å². The van der Waals surface area contributed by atoms with Gasteiger partial charge in [-0.2, -0.15) is 0 Å². The monoisotopic (exact) mass is 214 g/mol. The summed E-state index contributed by atoms with van der Waals surface area (Å²) in [5, 5.41) is 12.6. The summed E-state index contributed by atoms with van der Waals surface area (Å²) in [5.74, 6) is 1.14. The standard InChI is InChI=1S/C12H26N2O/c1-4-13-12-5-6-14(8-11(12)3)7-10(2)9-15/h10-13,15H,4-9H2,1-3H3. The van der Waals surface area contributed by atoms with Crippen molar-refractivity contribution in [2.24, 2.45) is 11.8 Å². The third-order valence-corrected chi connectivity index (χ3v) is 3.34. The van der Waals surface area contributed by atoms with Crippen molar-refractivity contribution in [2.75, 3.05) is 32.8 Å². The van der Waals surface area contributed by atoms with Gasteiger partial charge in [-0.05, 0) is 31.3 Å². The van der Waals surface area contributed by atoms with Gasteiger partial charge in [0.1, 0.15) is 0 Å². The zero-order chi connectivity index (χ0) is 11.3. The van der Waals surface area contributed by atoms with Crippen LogP contribution in [0.15, 0.2) is 0 Å². The van der Waals surface area contributed by atoms with E-state index >= 15 is 0 Å². The summed E-state index contributed by atoms with van der Waals surface area (Å²) in [7, 11) is 0. The number of hydrogen-bond acceptors (Lipinski definition) is 3. The second kappa shape index (κ2) is 6.46. The van der Waals surface area contributed by atoms with Crippen LogP contribution in [0.1, 0.15) is 27.2 Å². The molecule has 90 valence electrons. The molecule has 0 aromatic heterocycles. The van der Waals surface area contributed by atoms with Crippen LogP contribution in [0.5, 0.6) is 0 Å². The minimum Gasteiger partial charge on any atom is -0.396 e. The van der Waals surface area contributed by atoms with E-state index in [0.717, 1.165) is 19.0 Å². The Hall–Kier alpha value is -0.120. The summed E-state index contributed by atoms with van der Waals surface area (Å²) in [5.41, 5.74) is 0. The third kappa shape index (κ3) is 4.09. The molecule has 3 atom stereocenters. The van der Waals surface area contributed by atoms with E-state index in [-0.39, 0.29) is 0 Å². The van der Waals surface area contributed by atoms with Gasteiger partial charge in [0.05, 0.1) is 0 Å². The normalized spacial score (nSPS) is 30.4. The molecule has 1 heterocycles. The summed E-state index contributed by atoms with van der Waals surface area (Å²) in [6, 6.07) is 0.690. The fourth-order valence-electron chi connectivity index (χ4n) is 2.46. The van der Waals surface area contributed by atoms with Crippen LogP contribution in [0.4, 0.5) is 0 Å². The molecule has 0 amide bonds. The Kier molecular flexibility index (Phi) is 5.58. The van der Waals surface area contributed by atoms with Crippen LogP contribution in [0.3, 0.4) is 0 Å². The molecule has 1 rings (SSSR count). The lowest BCUT2D eigenvalue weighted by atomic mass is 9.93. The van der Waals surface area contributed by atoms with Crippen molar-refractivity contribution in [2.45, 2.75) is 33.2 Å². The minimum absolute atomic E-state index is 0.307. The predicted octanol–water partition coefficient (Wildman–Crippen LogP) is 0.935. The van der Waals surface area contributed by atoms with Gasteiger partial charge in [-0.3, -0.25) is 0 Å². The van der Waals surface area contributed by atoms with Gasteiger partial charge in [0, 0.05) is 25.7 Å². The molecule has 0 aromatic rings. The largest absolute Gasteiger partial charge is 0.396 e. The maximum Gasteiger partial charge on any atom is 0.0468 e. The first-order valence-electron chi connectivity index (χ1n) is 6.24. The number of piperidine rings is 1. The van der Waals surface area contributed by atoms with Crippen molar-refractivity contribution < 1.29 is 5.11 Å². The molecule has 0 saturated carbocycles. The molecule has 0 spiro atoms. The first-order chi connectivity index (χ1) is 7.17. The highest BCUT2D eigenvalue weighted by Crippen LogP contribution is 2.17. The van der Waals surface area contributed by atoms with Gasteiger partial charge in [-0.25, -0.2) is 0 Å². The zero-order valence-corrected chi connectivity index (χ0v) is 10.4. The van der Waals surface area contributed by atoms with Crippen LogP contribution in [0.25, 0.3) is 0 Å². The SMILES string of the molecule is CCNC1CCN(CC(C)CO)CC1C. The molecular formula is C12H26N2O. The highest BCUT2D eigenvalue weighted by atomic mass is 16.3. The number of nitrogens with zero attached hydrogens (tertiary/aromatic N) is 1. The van der Waals surface area contributed by atoms with E-state index in [9.17, 15) is 0 Å². The Labute approximate surface area is 93.9 Å². The molecule has 3 unspecified atom stereocenters. The molecule has 0 aliphatic carbocycles. The van der Waals surface area contributed by atoms with Crippen LogP contribution in [0, 0.1) is 11.8 Å². The molecule has 1 saturated heterocycles. The first-order valence-corrected chi connectivity index (χ1v) is 6.24. The third-order valence-electron chi connectivity index (χ3n) is 3.34. The Morgan fingerprint density at radius 2 is 2.27 bits per heavy atom.